The van der Waals surface area contributed by atoms with Crippen molar-refractivity contribution in [1.29, 1.82) is 0 Å². The number of rotatable bonds is 11. The van der Waals surface area contributed by atoms with Gasteiger partial charge in [0.05, 0.1) is 18.8 Å². The molecule has 3 aliphatic rings. The summed E-state index contributed by atoms with van der Waals surface area (Å²) in [6, 6.07) is 7.98. The maximum Gasteiger partial charge on any atom is 0.239 e. The van der Waals surface area contributed by atoms with Crippen molar-refractivity contribution in [3.63, 3.8) is 0 Å². The Morgan fingerprint density at radius 1 is 0.759 bits per heavy atom. The minimum atomic E-state index is -1.82. The standard InChI is InChI=1S/C40H52O18/c1-6-18-8-10-19(11-9-18)34-36(57-40-37(31(49)26(44)17(5)53-40)58-38-32(50)29(47)25(43)16(4)52-38)28(46)24-21(42)13-22(20(35(24)56-34)12-7-15(2)3)54-39-33(51)30(48)27(45)23(14-41)55-39/h7-11,13,16-17,23,25-27,29-33,37-45,47-51H,6,12,14H2,1-5H3. The molecule has 18 nitrogen and oxygen atoms in total. The molecule has 3 aliphatic heterocycles. The van der Waals surface area contributed by atoms with E-state index in [0.717, 1.165) is 17.2 Å². The molecule has 0 bridgehead atoms. The first kappa shape index (κ1) is 43.8. The second kappa shape index (κ2) is 17.9. The third-order valence-corrected chi connectivity index (χ3v) is 10.7. The second-order valence-corrected chi connectivity index (χ2v) is 15.1. The Hall–Kier alpha value is -3.73. The molecule has 320 valence electrons. The molecule has 3 aromatic rings. The third kappa shape index (κ3) is 8.48. The van der Waals surface area contributed by atoms with Gasteiger partial charge in [-0.15, -0.1) is 0 Å². The fraction of sp³-hybridized carbons (Fsp3) is 0.575. The van der Waals surface area contributed by atoms with Crippen molar-refractivity contribution in [3.8, 4) is 28.6 Å². The van der Waals surface area contributed by atoms with Crippen LogP contribution in [0.2, 0.25) is 0 Å². The summed E-state index contributed by atoms with van der Waals surface area (Å²) in [6.07, 6.45) is -21.2. The van der Waals surface area contributed by atoms with Crippen LogP contribution in [0, 0.1) is 0 Å². The van der Waals surface area contributed by atoms with Crippen LogP contribution in [-0.4, -0.2) is 150 Å². The van der Waals surface area contributed by atoms with Gasteiger partial charge in [0.15, 0.2) is 18.2 Å². The summed E-state index contributed by atoms with van der Waals surface area (Å²) in [5, 5.41) is 106. The number of allylic oxidation sites excluding steroid dienone is 2. The first-order chi connectivity index (χ1) is 27.5. The van der Waals surface area contributed by atoms with Gasteiger partial charge in [-0.05, 0) is 46.1 Å². The van der Waals surface area contributed by atoms with E-state index in [4.69, 9.17) is 32.8 Å². The molecule has 0 spiro atoms. The van der Waals surface area contributed by atoms with E-state index in [9.17, 15) is 55.9 Å². The van der Waals surface area contributed by atoms with E-state index in [-0.39, 0.29) is 34.5 Å². The summed E-state index contributed by atoms with van der Waals surface area (Å²) in [5.74, 6) is -1.52. The number of aliphatic hydroxyl groups is 9. The summed E-state index contributed by atoms with van der Waals surface area (Å²) in [5.41, 5.74) is 1.18. The molecule has 3 fully saturated rings. The minimum absolute atomic E-state index is 0.0369. The van der Waals surface area contributed by atoms with Crippen molar-refractivity contribution in [2.75, 3.05) is 6.61 Å². The number of aromatic hydroxyl groups is 1. The summed E-state index contributed by atoms with van der Waals surface area (Å²) in [6.45, 7) is 7.72. The van der Waals surface area contributed by atoms with Crippen LogP contribution < -0.4 is 14.9 Å². The van der Waals surface area contributed by atoms with Gasteiger partial charge in [0.2, 0.25) is 23.8 Å². The average Bonchev–Trinajstić information content (AvgIpc) is 3.20. The van der Waals surface area contributed by atoms with Crippen molar-refractivity contribution in [2.45, 2.75) is 140 Å². The van der Waals surface area contributed by atoms with Crippen LogP contribution in [0.3, 0.4) is 0 Å². The highest BCUT2D eigenvalue weighted by Gasteiger charge is 2.51. The number of aliphatic hydroxyl groups excluding tert-OH is 9. The lowest BCUT2D eigenvalue weighted by molar-refractivity contribution is -0.352. The number of phenols is 1. The largest absolute Gasteiger partial charge is 0.507 e. The molecular weight excluding hydrogens is 768 g/mol. The highest BCUT2D eigenvalue weighted by Crippen LogP contribution is 2.42. The van der Waals surface area contributed by atoms with Crippen molar-refractivity contribution in [3.05, 3.63) is 63.3 Å². The van der Waals surface area contributed by atoms with Gasteiger partial charge in [0.25, 0.3) is 0 Å². The van der Waals surface area contributed by atoms with Crippen LogP contribution in [0.15, 0.2) is 51.2 Å². The number of hydrogen-bond acceptors (Lipinski definition) is 18. The molecule has 18 heteroatoms. The van der Waals surface area contributed by atoms with E-state index in [1.165, 1.54) is 13.8 Å². The van der Waals surface area contributed by atoms with Crippen LogP contribution in [0.1, 0.15) is 45.7 Å². The average molecular weight is 821 g/mol. The monoisotopic (exact) mass is 820 g/mol. The lowest BCUT2D eigenvalue weighted by Gasteiger charge is -2.45. The number of ether oxygens (including phenoxy) is 6. The molecule has 0 amide bonds. The van der Waals surface area contributed by atoms with E-state index in [1.807, 2.05) is 20.8 Å². The Morgan fingerprint density at radius 2 is 1.36 bits per heavy atom. The van der Waals surface area contributed by atoms with Gasteiger partial charge >= 0.3 is 0 Å². The van der Waals surface area contributed by atoms with Crippen LogP contribution in [0.25, 0.3) is 22.3 Å². The van der Waals surface area contributed by atoms with E-state index >= 15 is 0 Å². The first-order valence-electron chi connectivity index (χ1n) is 19.1. The quantitative estimate of drug-likeness (QED) is 0.109. The van der Waals surface area contributed by atoms with Crippen LogP contribution in [-0.2, 0) is 31.8 Å². The van der Waals surface area contributed by atoms with Gasteiger partial charge in [0, 0.05) is 17.2 Å². The number of benzene rings is 2. The molecule has 3 saturated heterocycles. The van der Waals surface area contributed by atoms with Crippen molar-refractivity contribution in [1.82, 2.24) is 0 Å². The number of fused-ring (bicyclic) bond motifs is 1. The predicted octanol–water partition coefficient (Wildman–Crippen LogP) is -0.526. The van der Waals surface area contributed by atoms with Gasteiger partial charge < -0.3 is 83.9 Å². The molecule has 2 aromatic carbocycles. The molecule has 0 radical (unpaired) electrons. The maximum absolute atomic E-state index is 14.8. The molecule has 4 heterocycles. The van der Waals surface area contributed by atoms with Gasteiger partial charge in [-0.1, -0.05) is 42.8 Å². The van der Waals surface area contributed by atoms with E-state index in [1.54, 1.807) is 30.3 Å². The predicted molar refractivity (Wildman–Crippen MR) is 201 cm³/mol. The van der Waals surface area contributed by atoms with Crippen LogP contribution >= 0.6 is 0 Å². The second-order valence-electron chi connectivity index (χ2n) is 15.1. The normalized spacial score (nSPS) is 35.4. The Kier molecular flexibility index (Phi) is 13.5. The molecule has 1 aromatic heterocycles. The maximum atomic E-state index is 14.8. The Balaban J connectivity index is 1.50. The zero-order chi connectivity index (χ0) is 42.3. The molecule has 6 rings (SSSR count). The van der Waals surface area contributed by atoms with Gasteiger partial charge in [-0.2, -0.15) is 0 Å². The fourth-order valence-corrected chi connectivity index (χ4v) is 7.08. The summed E-state index contributed by atoms with van der Waals surface area (Å²) in [4.78, 5) is 14.8. The SMILES string of the molecule is CCc1ccc(-c2oc3c(CC=C(C)C)c(OC4OC(CO)C(O)C(O)C4O)cc(O)c3c(=O)c2OC2OC(C)C(O)C(O)C2OC2OC(C)C(O)C(O)C2O)cc1. The number of phenolic OH excluding ortho intramolecular Hbond substituents is 1. The molecular formula is C40H52O18. The Labute approximate surface area is 332 Å². The smallest absolute Gasteiger partial charge is 0.239 e. The lowest BCUT2D eigenvalue weighted by atomic mass is 9.98. The Morgan fingerprint density at radius 3 is 1.98 bits per heavy atom. The van der Waals surface area contributed by atoms with Crippen LogP contribution in [0.4, 0.5) is 0 Å². The summed E-state index contributed by atoms with van der Waals surface area (Å²) >= 11 is 0. The van der Waals surface area contributed by atoms with Crippen molar-refractivity contribution >= 4 is 11.0 Å². The third-order valence-electron chi connectivity index (χ3n) is 10.7. The van der Waals surface area contributed by atoms with E-state index < -0.39 is 116 Å². The molecule has 58 heavy (non-hydrogen) atoms. The van der Waals surface area contributed by atoms with E-state index in [0.29, 0.717) is 12.0 Å². The zero-order valence-corrected chi connectivity index (χ0v) is 32.5. The topological polar surface area (TPSA) is 288 Å². The van der Waals surface area contributed by atoms with Gasteiger partial charge in [-0.3, -0.25) is 4.79 Å². The van der Waals surface area contributed by atoms with Gasteiger partial charge in [0.1, 0.15) is 77.4 Å². The molecule has 15 atom stereocenters. The summed E-state index contributed by atoms with van der Waals surface area (Å²) < 4.78 is 41.7. The van der Waals surface area contributed by atoms with E-state index in [2.05, 4.69) is 0 Å². The molecule has 15 unspecified atom stereocenters. The first-order valence-corrected chi connectivity index (χ1v) is 19.1. The van der Waals surface area contributed by atoms with Gasteiger partial charge in [-0.25, -0.2) is 0 Å². The number of aryl methyl sites for hydroxylation is 1. The summed E-state index contributed by atoms with van der Waals surface area (Å²) in [7, 11) is 0. The molecule has 0 saturated carbocycles. The molecule has 10 N–H and O–H groups in total. The minimum Gasteiger partial charge on any atom is -0.507 e. The van der Waals surface area contributed by atoms with Crippen molar-refractivity contribution in [2.24, 2.45) is 0 Å². The fourth-order valence-electron chi connectivity index (χ4n) is 7.08. The zero-order valence-electron chi connectivity index (χ0n) is 32.5. The Bertz CT molecular complexity index is 1980. The van der Waals surface area contributed by atoms with Crippen molar-refractivity contribution < 1.29 is 83.9 Å². The lowest BCUT2D eigenvalue weighted by Crippen LogP contribution is -2.63. The highest BCUT2D eigenvalue weighted by molar-refractivity contribution is 5.91. The highest BCUT2D eigenvalue weighted by atomic mass is 16.8. The number of hydrogen-bond donors (Lipinski definition) is 10. The van der Waals surface area contributed by atoms with Crippen LogP contribution in [0.5, 0.6) is 17.2 Å². The molecule has 0 aliphatic carbocycles.